The van der Waals surface area contributed by atoms with Crippen molar-refractivity contribution in [2.75, 3.05) is 0 Å². The van der Waals surface area contributed by atoms with Crippen LogP contribution in [0, 0.1) is 35.9 Å². The third-order valence-corrected chi connectivity index (χ3v) is 1.76. The van der Waals surface area contributed by atoms with Crippen molar-refractivity contribution >= 4 is 6.29 Å². The number of halogens is 1. The molecular formula is C11H6FNO. The van der Waals surface area contributed by atoms with Crippen molar-refractivity contribution in [3.8, 4) is 17.9 Å². The molecular weight excluding hydrogens is 181 g/mol. The number of benzene rings is 1. The fourth-order valence-electron chi connectivity index (χ4n) is 1.07. The Kier molecular flexibility index (Phi) is 2.99. The van der Waals surface area contributed by atoms with Gasteiger partial charge < -0.3 is 0 Å². The lowest BCUT2D eigenvalue weighted by Crippen LogP contribution is -1.95. The predicted molar refractivity (Wildman–Crippen MR) is 49.0 cm³/mol. The lowest BCUT2D eigenvalue weighted by atomic mass is 10.0. The summed E-state index contributed by atoms with van der Waals surface area (Å²) < 4.78 is 13.1. The highest BCUT2D eigenvalue weighted by Crippen LogP contribution is 2.14. The highest BCUT2D eigenvalue weighted by Gasteiger charge is 2.08. The van der Waals surface area contributed by atoms with E-state index in [9.17, 15) is 9.18 Å². The van der Waals surface area contributed by atoms with Gasteiger partial charge in [-0.3, -0.25) is 4.79 Å². The van der Waals surface area contributed by atoms with Crippen molar-refractivity contribution in [1.82, 2.24) is 0 Å². The Labute approximate surface area is 81.0 Å². The number of nitriles is 1. The van der Waals surface area contributed by atoms with Crippen LogP contribution in [0.3, 0.4) is 0 Å². The van der Waals surface area contributed by atoms with E-state index in [0.29, 0.717) is 11.8 Å². The second-order valence-electron chi connectivity index (χ2n) is 2.63. The maximum atomic E-state index is 13.1. The van der Waals surface area contributed by atoms with Gasteiger partial charge in [0.1, 0.15) is 5.82 Å². The van der Waals surface area contributed by atoms with Crippen molar-refractivity contribution in [3.63, 3.8) is 0 Å². The van der Waals surface area contributed by atoms with E-state index in [1.54, 1.807) is 13.0 Å². The van der Waals surface area contributed by atoms with Crippen molar-refractivity contribution < 1.29 is 9.18 Å². The molecule has 0 heterocycles. The van der Waals surface area contributed by atoms with Crippen molar-refractivity contribution in [3.05, 3.63) is 34.6 Å². The zero-order valence-corrected chi connectivity index (χ0v) is 7.47. The van der Waals surface area contributed by atoms with Gasteiger partial charge in [0, 0.05) is 11.5 Å². The molecule has 2 nitrogen and oxygen atoms in total. The average Bonchev–Trinajstić information content (AvgIpc) is 2.19. The molecule has 14 heavy (non-hydrogen) atoms. The van der Waals surface area contributed by atoms with E-state index in [-0.39, 0.29) is 11.1 Å². The molecule has 0 saturated heterocycles. The highest BCUT2D eigenvalue weighted by molar-refractivity contribution is 5.80. The summed E-state index contributed by atoms with van der Waals surface area (Å²) >= 11 is 0. The summed E-state index contributed by atoms with van der Waals surface area (Å²) in [5, 5.41) is 8.25. The van der Waals surface area contributed by atoms with E-state index in [4.69, 9.17) is 5.26 Å². The molecule has 0 radical (unpaired) electrons. The largest absolute Gasteiger partial charge is 0.298 e. The Bertz CT molecular complexity index is 475. The average molecular weight is 187 g/mol. The van der Waals surface area contributed by atoms with Gasteiger partial charge in [-0.2, -0.15) is 5.26 Å². The molecule has 1 rings (SSSR count). The minimum Gasteiger partial charge on any atom is -0.298 e. The number of hydrogen-bond donors (Lipinski definition) is 0. The molecule has 0 saturated carbocycles. The third-order valence-electron chi connectivity index (χ3n) is 1.76. The standard InChI is InChI=1S/C11H6FNO/c1-8-4-5-11(12)10(7-14)9(8)3-2-6-13/h4-5,7H,1H3. The van der Waals surface area contributed by atoms with Crippen LogP contribution in [0.4, 0.5) is 4.39 Å². The molecule has 0 fully saturated rings. The second kappa shape index (κ2) is 4.20. The fourth-order valence-corrected chi connectivity index (χ4v) is 1.07. The van der Waals surface area contributed by atoms with Gasteiger partial charge in [0.15, 0.2) is 12.4 Å². The van der Waals surface area contributed by atoms with Crippen molar-refractivity contribution in [1.29, 1.82) is 5.26 Å². The number of carbonyl (C=O) groups is 1. The molecule has 0 bridgehead atoms. The van der Waals surface area contributed by atoms with Crippen LogP contribution in [-0.4, -0.2) is 6.29 Å². The van der Waals surface area contributed by atoms with E-state index in [1.165, 1.54) is 12.1 Å². The number of nitrogens with zero attached hydrogens (tertiary/aromatic N) is 1. The topological polar surface area (TPSA) is 40.9 Å². The molecule has 0 atom stereocenters. The maximum absolute atomic E-state index is 13.1. The summed E-state index contributed by atoms with van der Waals surface area (Å²) in [6, 6.07) is 4.34. The van der Waals surface area contributed by atoms with Crippen LogP contribution in [0.15, 0.2) is 12.1 Å². The SMILES string of the molecule is Cc1ccc(F)c(C=O)c1C#CC#N. The first kappa shape index (κ1) is 9.95. The molecule has 1 aromatic rings. The first-order valence-electron chi connectivity index (χ1n) is 3.85. The molecule has 0 aliphatic heterocycles. The van der Waals surface area contributed by atoms with Gasteiger partial charge in [-0.1, -0.05) is 6.07 Å². The van der Waals surface area contributed by atoms with Crippen LogP contribution < -0.4 is 0 Å². The van der Waals surface area contributed by atoms with Gasteiger partial charge >= 0.3 is 0 Å². The minimum absolute atomic E-state index is 0.0900. The lowest BCUT2D eigenvalue weighted by Gasteiger charge is -2.01. The molecule has 0 N–H and O–H groups in total. The van der Waals surface area contributed by atoms with Crippen molar-refractivity contribution in [2.45, 2.75) is 6.92 Å². The van der Waals surface area contributed by atoms with Crippen LogP contribution in [-0.2, 0) is 0 Å². The summed E-state index contributed by atoms with van der Waals surface area (Å²) in [6.45, 7) is 1.70. The number of aryl methyl sites for hydroxylation is 1. The van der Waals surface area contributed by atoms with Crippen LogP contribution >= 0.6 is 0 Å². The Morgan fingerprint density at radius 2 is 2.21 bits per heavy atom. The minimum atomic E-state index is -0.618. The van der Waals surface area contributed by atoms with Gasteiger partial charge in [-0.05, 0) is 24.5 Å². The van der Waals surface area contributed by atoms with E-state index in [0.717, 1.165) is 0 Å². The van der Waals surface area contributed by atoms with E-state index in [2.05, 4.69) is 11.8 Å². The Morgan fingerprint density at radius 3 is 2.79 bits per heavy atom. The fraction of sp³-hybridized carbons (Fsp3) is 0.0909. The summed E-state index contributed by atoms with van der Waals surface area (Å²) in [4.78, 5) is 10.6. The summed E-state index contributed by atoms with van der Waals surface area (Å²) in [7, 11) is 0. The van der Waals surface area contributed by atoms with Gasteiger partial charge in [0.2, 0.25) is 0 Å². The summed E-state index contributed by atoms with van der Waals surface area (Å²) in [6.07, 6.45) is 0.406. The third kappa shape index (κ3) is 1.78. The van der Waals surface area contributed by atoms with Crippen molar-refractivity contribution in [2.24, 2.45) is 0 Å². The number of carbonyl (C=O) groups excluding carboxylic acids is 1. The Balaban J connectivity index is 3.46. The molecule has 3 heteroatoms. The Hall–Kier alpha value is -2.13. The monoisotopic (exact) mass is 187 g/mol. The number of hydrogen-bond acceptors (Lipinski definition) is 2. The molecule has 0 unspecified atom stereocenters. The second-order valence-corrected chi connectivity index (χ2v) is 2.63. The van der Waals surface area contributed by atoms with Crippen LogP contribution in [0.25, 0.3) is 0 Å². The Morgan fingerprint density at radius 1 is 1.50 bits per heavy atom. The van der Waals surface area contributed by atoms with Crippen LogP contribution in [0.1, 0.15) is 21.5 Å². The molecule has 0 aromatic heterocycles. The van der Waals surface area contributed by atoms with E-state index in [1.807, 2.05) is 0 Å². The summed E-state index contributed by atoms with van der Waals surface area (Å²) in [5.41, 5.74) is 0.866. The number of aldehydes is 1. The first-order chi connectivity index (χ1) is 6.70. The van der Waals surface area contributed by atoms with Crippen LogP contribution in [0.2, 0.25) is 0 Å². The molecule has 1 aromatic carbocycles. The zero-order valence-electron chi connectivity index (χ0n) is 7.47. The molecule has 0 aliphatic carbocycles. The molecule has 0 amide bonds. The van der Waals surface area contributed by atoms with Gasteiger partial charge in [0.05, 0.1) is 5.56 Å². The zero-order chi connectivity index (χ0) is 10.6. The highest BCUT2D eigenvalue weighted by atomic mass is 19.1. The van der Waals surface area contributed by atoms with Gasteiger partial charge in [0.25, 0.3) is 0 Å². The van der Waals surface area contributed by atoms with E-state index < -0.39 is 5.82 Å². The molecule has 0 spiro atoms. The van der Waals surface area contributed by atoms with Gasteiger partial charge in [-0.15, -0.1) is 0 Å². The predicted octanol–water partition coefficient (Wildman–Crippen LogP) is 1.82. The van der Waals surface area contributed by atoms with Crippen LogP contribution in [0.5, 0.6) is 0 Å². The molecule has 68 valence electrons. The first-order valence-corrected chi connectivity index (χ1v) is 3.85. The lowest BCUT2D eigenvalue weighted by molar-refractivity contribution is 0.111. The van der Waals surface area contributed by atoms with Gasteiger partial charge in [-0.25, -0.2) is 4.39 Å². The summed E-state index contributed by atoms with van der Waals surface area (Å²) in [5.74, 6) is 3.96. The number of rotatable bonds is 1. The molecule has 0 aliphatic rings. The smallest absolute Gasteiger partial charge is 0.154 e. The van der Waals surface area contributed by atoms with E-state index >= 15 is 0 Å². The quantitative estimate of drug-likeness (QED) is 0.497. The maximum Gasteiger partial charge on any atom is 0.154 e. The normalized spacial score (nSPS) is 8.36.